The number of benzene rings is 2. The summed E-state index contributed by atoms with van der Waals surface area (Å²) in [6.45, 7) is 4.33. The van der Waals surface area contributed by atoms with Gasteiger partial charge in [0, 0.05) is 24.0 Å². The molecule has 0 aromatic heterocycles. The van der Waals surface area contributed by atoms with Crippen LogP contribution in [0.25, 0.3) is 0 Å². The van der Waals surface area contributed by atoms with E-state index in [9.17, 15) is 18.8 Å². The fraction of sp³-hybridized carbons (Fsp3) is 0.211. The molecule has 0 bridgehead atoms. The van der Waals surface area contributed by atoms with Crippen LogP contribution in [0.5, 0.6) is 0 Å². The minimum atomic E-state index is -1.41. The molecule has 2 aromatic carbocycles. The third kappa shape index (κ3) is 5.27. The molecule has 0 aliphatic heterocycles. The van der Waals surface area contributed by atoms with Crippen LogP contribution in [0.3, 0.4) is 0 Å². The van der Waals surface area contributed by atoms with Crippen LogP contribution in [-0.2, 0) is 14.4 Å². The Morgan fingerprint density at radius 2 is 1.30 bits per heavy atom. The van der Waals surface area contributed by atoms with E-state index in [0.29, 0.717) is 11.4 Å². The summed E-state index contributed by atoms with van der Waals surface area (Å²) >= 11 is 5.69. The molecular weight excluding hydrogens is 373 g/mol. The molecule has 6 nitrogen and oxygen atoms in total. The Kier molecular flexibility index (Phi) is 6.17. The van der Waals surface area contributed by atoms with Gasteiger partial charge < -0.3 is 16.0 Å². The van der Waals surface area contributed by atoms with Gasteiger partial charge in [-0.3, -0.25) is 14.4 Å². The smallest absolute Gasteiger partial charge is 0.239 e. The van der Waals surface area contributed by atoms with E-state index in [0.717, 1.165) is 6.07 Å². The molecule has 3 N–H and O–H groups in total. The van der Waals surface area contributed by atoms with Crippen molar-refractivity contribution in [1.82, 2.24) is 0 Å². The van der Waals surface area contributed by atoms with Crippen molar-refractivity contribution in [3.05, 3.63) is 53.3 Å². The largest absolute Gasteiger partial charge is 0.326 e. The summed E-state index contributed by atoms with van der Waals surface area (Å²) in [7, 11) is 0. The highest BCUT2D eigenvalue weighted by Crippen LogP contribution is 2.24. The van der Waals surface area contributed by atoms with E-state index in [-0.39, 0.29) is 16.6 Å². The summed E-state index contributed by atoms with van der Waals surface area (Å²) in [4.78, 5) is 36.0. The predicted molar refractivity (Wildman–Crippen MR) is 103 cm³/mol. The molecule has 142 valence electrons. The van der Waals surface area contributed by atoms with Crippen molar-refractivity contribution in [2.24, 2.45) is 5.41 Å². The molecule has 0 radical (unpaired) electrons. The molecule has 0 unspecified atom stereocenters. The van der Waals surface area contributed by atoms with Gasteiger partial charge in [0.1, 0.15) is 11.2 Å². The number of nitrogens with one attached hydrogen (secondary N) is 3. The van der Waals surface area contributed by atoms with Crippen LogP contribution in [0.2, 0.25) is 5.02 Å². The average molecular weight is 392 g/mol. The van der Waals surface area contributed by atoms with E-state index in [1.807, 2.05) is 0 Å². The minimum Gasteiger partial charge on any atom is -0.326 e. The SMILES string of the molecule is CC(=O)Nc1ccc(NC(=O)C(C)(C)C(=O)Nc2ccc(F)c(Cl)c2)cc1. The first-order valence-electron chi connectivity index (χ1n) is 8.05. The van der Waals surface area contributed by atoms with Gasteiger partial charge in [-0.05, 0) is 56.3 Å². The Hall–Kier alpha value is -2.93. The summed E-state index contributed by atoms with van der Waals surface area (Å²) in [5.41, 5.74) is -0.0607. The van der Waals surface area contributed by atoms with Crippen LogP contribution in [0, 0.1) is 11.2 Å². The number of amides is 3. The maximum absolute atomic E-state index is 13.2. The van der Waals surface area contributed by atoms with E-state index >= 15 is 0 Å². The average Bonchev–Trinajstić information content (AvgIpc) is 2.59. The molecule has 0 atom stereocenters. The van der Waals surface area contributed by atoms with Crippen LogP contribution >= 0.6 is 11.6 Å². The monoisotopic (exact) mass is 391 g/mol. The molecule has 0 fully saturated rings. The summed E-state index contributed by atoms with van der Waals surface area (Å²) in [6, 6.07) is 10.2. The molecule has 0 heterocycles. The van der Waals surface area contributed by atoms with Gasteiger partial charge in [-0.2, -0.15) is 0 Å². The number of halogens is 2. The van der Waals surface area contributed by atoms with Gasteiger partial charge in [0.05, 0.1) is 5.02 Å². The molecule has 2 aromatic rings. The molecular formula is C19H19ClFN3O3. The van der Waals surface area contributed by atoms with Crippen LogP contribution < -0.4 is 16.0 Å². The number of carbonyl (C=O) groups is 3. The maximum Gasteiger partial charge on any atom is 0.239 e. The lowest BCUT2D eigenvalue weighted by Gasteiger charge is -2.23. The van der Waals surface area contributed by atoms with Crippen molar-refractivity contribution in [3.8, 4) is 0 Å². The molecule has 0 saturated heterocycles. The minimum absolute atomic E-state index is 0.130. The zero-order chi connectivity index (χ0) is 20.2. The van der Waals surface area contributed by atoms with E-state index in [4.69, 9.17) is 11.6 Å². The number of rotatable bonds is 5. The quantitative estimate of drug-likeness (QED) is 0.672. The fourth-order valence-corrected chi connectivity index (χ4v) is 2.27. The standard InChI is InChI=1S/C19H19ClFN3O3/c1-11(25)22-12-4-6-13(7-5-12)23-17(26)19(2,3)18(27)24-14-8-9-16(21)15(20)10-14/h4-10H,1-3H3,(H,22,25)(H,23,26)(H,24,27). The van der Waals surface area contributed by atoms with E-state index < -0.39 is 23.0 Å². The highest BCUT2D eigenvalue weighted by Gasteiger charge is 2.36. The van der Waals surface area contributed by atoms with Crippen molar-refractivity contribution >= 4 is 46.4 Å². The Labute approximate surface area is 161 Å². The van der Waals surface area contributed by atoms with Gasteiger partial charge in [0.15, 0.2) is 0 Å². The molecule has 0 aliphatic carbocycles. The number of anilines is 3. The first kappa shape index (κ1) is 20.4. The molecule has 0 saturated carbocycles. The molecule has 0 aliphatic rings. The second-order valence-corrected chi connectivity index (χ2v) is 6.83. The van der Waals surface area contributed by atoms with Gasteiger partial charge in [-0.1, -0.05) is 11.6 Å². The third-order valence-electron chi connectivity index (χ3n) is 3.78. The second-order valence-electron chi connectivity index (χ2n) is 6.42. The second kappa shape index (κ2) is 8.18. The Morgan fingerprint density at radius 3 is 1.78 bits per heavy atom. The Bertz CT molecular complexity index is 882. The van der Waals surface area contributed by atoms with Crippen molar-refractivity contribution in [2.75, 3.05) is 16.0 Å². The first-order chi connectivity index (χ1) is 12.6. The van der Waals surface area contributed by atoms with Crippen LogP contribution in [0.15, 0.2) is 42.5 Å². The summed E-state index contributed by atoms with van der Waals surface area (Å²) in [5, 5.41) is 7.69. The zero-order valence-corrected chi connectivity index (χ0v) is 15.8. The Morgan fingerprint density at radius 1 is 0.852 bits per heavy atom. The van der Waals surface area contributed by atoms with Gasteiger partial charge >= 0.3 is 0 Å². The van der Waals surface area contributed by atoms with Crippen molar-refractivity contribution in [2.45, 2.75) is 20.8 Å². The number of carbonyl (C=O) groups excluding carboxylic acids is 3. The molecule has 3 amide bonds. The third-order valence-corrected chi connectivity index (χ3v) is 4.07. The summed E-state index contributed by atoms with van der Waals surface area (Å²) in [5.74, 6) is -1.90. The lowest BCUT2D eigenvalue weighted by Crippen LogP contribution is -2.41. The Balaban J connectivity index is 2.05. The van der Waals surface area contributed by atoms with Crippen molar-refractivity contribution in [3.63, 3.8) is 0 Å². The summed E-state index contributed by atoms with van der Waals surface area (Å²) < 4.78 is 13.2. The lowest BCUT2D eigenvalue weighted by atomic mass is 9.90. The summed E-state index contributed by atoms with van der Waals surface area (Å²) in [6.07, 6.45) is 0. The first-order valence-corrected chi connectivity index (χ1v) is 8.43. The van der Waals surface area contributed by atoms with Crippen LogP contribution in [0.4, 0.5) is 21.5 Å². The molecule has 2 rings (SSSR count). The van der Waals surface area contributed by atoms with Gasteiger partial charge in [0.2, 0.25) is 17.7 Å². The lowest BCUT2D eigenvalue weighted by molar-refractivity contribution is -0.135. The normalized spacial score (nSPS) is 10.9. The predicted octanol–water partition coefficient (Wildman–Crippen LogP) is 4.04. The van der Waals surface area contributed by atoms with Crippen LogP contribution in [-0.4, -0.2) is 17.7 Å². The molecule has 27 heavy (non-hydrogen) atoms. The van der Waals surface area contributed by atoms with Gasteiger partial charge in [0.25, 0.3) is 0 Å². The highest BCUT2D eigenvalue weighted by atomic mass is 35.5. The van der Waals surface area contributed by atoms with Crippen molar-refractivity contribution < 1.29 is 18.8 Å². The van der Waals surface area contributed by atoms with Gasteiger partial charge in [-0.15, -0.1) is 0 Å². The van der Waals surface area contributed by atoms with Crippen LogP contribution in [0.1, 0.15) is 20.8 Å². The van der Waals surface area contributed by atoms with Gasteiger partial charge in [-0.25, -0.2) is 4.39 Å². The van der Waals surface area contributed by atoms with E-state index in [2.05, 4.69) is 16.0 Å². The number of hydrogen-bond donors (Lipinski definition) is 3. The topological polar surface area (TPSA) is 87.3 Å². The maximum atomic E-state index is 13.2. The highest BCUT2D eigenvalue weighted by molar-refractivity contribution is 6.31. The van der Waals surface area contributed by atoms with E-state index in [1.54, 1.807) is 24.3 Å². The fourth-order valence-electron chi connectivity index (χ4n) is 2.09. The van der Waals surface area contributed by atoms with Crippen molar-refractivity contribution in [1.29, 1.82) is 0 Å². The molecule has 0 spiro atoms. The zero-order valence-electron chi connectivity index (χ0n) is 15.0. The molecule has 8 heteroatoms. The number of hydrogen-bond acceptors (Lipinski definition) is 3. The van der Waals surface area contributed by atoms with E-state index in [1.165, 1.54) is 32.9 Å².